The number of halogens is 2. The minimum Gasteiger partial charge on any atom is -0.481 e. The number of benzene rings is 2. The van der Waals surface area contributed by atoms with E-state index in [0.717, 1.165) is 22.3 Å². The Morgan fingerprint density at radius 1 is 0.964 bits per heavy atom. The molecule has 0 aliphatic heterocycles. The van der Waals surface area contributed by atoms with Crippen LogP contribution in [0.3, 0.4) is 0 Å². The molecule has 28 heavy (non-hydrogen) atoms. The monoisotopic (exact) mass is 388 g/mol. The van der Waals surface area contributed by atoms with Crippen LogP contribution < -0.4 is 0 Å². The number of aliphatic hydroxyl groups is 2. The summed E-state index contributed by atoms with van der Waals surface area (Å²) in [5.41, 5.74) is 2.89. The third-order valence-corrected chi connectivity index (χ3v) is 4.15. The molecular formula is C22H22F2O4. The van der Waals surface area contributed by atoms with E-state index in [0.29, 0.717) is 0 Å². The molecule has 0 fully saturated rings. The maximum Gasteiger partial charge on any atom is 0.305 e. The Balaban J connectivity index is 2.32. The van der Waals surface area contributed by atoms with Crippen LogP contribution in [0.1, 0.15) is 30.9 Å². The molecule has 0 heterocycles. The van der Waals surface area contributed by atoms with Gasteiger partial charge < -0.3 is 15.3 Å². The van der Waals surface area contributed by atoms with E-state index in [4.69, 9.17) is 5.11 Å². The summed E-state index contributed by atoms with van der Waals surface area (Å²) in [6, 6.07) is 11.7. The quantitative estimate of drug-likeness (QED) is 0.599. The van der Waals surface area contributed by atoms with Gasteiger partial charge in [-0.05, 0) is 53.5 Å². The number of hydrogen-bond donors (Lipinski definition) is 3. The summed E-state index contributed by atoms with van der Waals surface area (Å²) in [4.78, 5) is 10.6. The Kier molecular flexibility index (Phi) is 7.61. The topological polar surface area (TPSA) is 77.8 Å². The van der Waals surface area contributed by atoms with Gasteiger partial charge in [-0.2, -0.15) is 0 Å². The lowest BCUT2D eigenvalue weighted by atomic mass is 9.93. The number of aliphatic hydroxyl groups excluding tert-OH is 2. The van der Waals surface area contributed by atoms with Crippen LogP contribution in [0.25, 0.3) is 5.57 Å². The molecule has 0 bridgehead atoms. The normalized spacial score (nSPS) is 13.3. The number of carbonyl (C=O) groups is 1. The Morgan fingerprint density at radius 2 is 1.43 bits per heavy atom. The van der Waals surface area contributed by atoms with Gasteiger partial charge in [0.05, 0.1) is 18.6 Å². The fourth-order valence-corrected chi connectivity index (χ4v) is 2.84. The second kappa shape index (κ2) is 9.92. The van der Waals surface area contributed by atoms with Crippen molar-refractivity contribution in [2.45, 2.75) is 32.0 Å². The van der Waals surface area contributed by atoms with Crippen LogP contribution in [0, 0.1) is 11.6 Å². The van der Waals surface area contributed by atoms with Gasteiger partial charge in [0, 0.05) is 6.42 Å². The van der Waals surface area contributed by atoms with Gasteiger partial charge in [-0.25, -0.2) is 8.78 Å². The Bertz CT molecular complexity index is 808. The van der Waals surface area contributed by atoms with Gasteiger partial charge in [-0.15, -0.1) is 0 Å². The molecule has 0 spiro atoms. The van der Waals surface area contributed by atoms with E-state index < -0.39 is 24.6 Å². The average Bonchev–Trinajstić information content (AvgIpc) is 2.62. The van der Waals surface area contributed by atoms with Crippen LogP contribution in [0.2, 0.25) is 0 Å². The van der Waals surface area contributed by atoms with Crippen molar-refractivity contribution in [2.75, 3.05) is 0 Å². The van der Waals surface area contributed by atoms with Crippen molar-refractivity contribution in [3.63, 3.8) is 0 Å². The van der Waals surface area contributed by atoms with Gasteiger partial charge in [0.15, 0.2) is 0 Å². The van der Waals surface area contributed by atoms with Gasteiger partial charge in [0.2, 0.25) is 0 Å². The predicted octanol–water partition coefficient (Wildman–Crippen LogP) is 3.93. The second-order valence-corrected chi connectivity index (χ2v) is 6.49. The van der Waals surface area contributed by atoms with E-state index in [2.05, 4.69) is 0 Å². The lowest BCUT2D eigenvalue weighted by Gasteiger charge is -2.13. The standard InChI is InChI=1S/C22H22F2O4/c1-14(2-11-19(25)12-20(26)13-21(27)28)22(15-3-7-17(23)8-4-15)16-5-9-18(24)10-6-16/h2-11,19-20,25-26H,12-13H2,1H3,(H,27,28)/b11-2+/t19-,20-/m1/s1. The summed E-state index contributed by atoms with van der Waals surface area (Å²) < 4.78 is 26.6. The second-order valence-electron chi connectivity index (χ2n) is 6.49. The number of aliphatic carboxylic acids is 1. The Labute approximate surface area is 162 Å². The van der Waals surface area contributed by atoms with Gasteiger partial charge >= 0.3 is 5.97 Å². The van der Waals surface area contributed by atoms with Gasteiger partial charge in [-0.1, -0.05) is 36.4 Å². The molecule has 0 amide bonds. The highest BCUT2D eigenvalue weighted by atomic mass is 19.1. The Hall–Kier alpha value is -2.83. The summed E-state index contributed by atoms with van der Waals surface area (Å²) in [7, 11) is 0. The molecule has 0 radical (unpaired) electrons. The summed E-state index contributed by atoms with van der Waals surface area (Å²) in [5, 5.41) is 28.3. The van der Waals surface area contributed by atoms with E-state index >= 15 is 0 Å². The molecule has 2 atom stereocenters. The van der Waals surface area contributed by atoms with Crippen molar-refractivity contribution in [1.29, 1.82) is 0 Å². The zero-order valence-electron chi connectivity index (χ0n) is 15.3. The largest absolute Gasteiger partial charge is 0.481 e. The summed E-state index contributed by atoms with van der Waals surface area (Å²) in [6.07, 6.45) is 0.338. The molecule has 4 nitrogen and oxygen atoms in total. The fraction of sp³-hybridized carbons (Fsp3) is 0.227. The smallest absolute Gasteiger partial charge is 0.305 e. The third kappa shape index (κ3) is 6.40. The highest BCUT2D eigenvalue weighted by molar-refractivity contribution is 5.83. The highest BCUT2D eigenvalue weighted by Crippen LogP contribution is 2.28. The minimum absolute atomic E-state index is 0.113. The predicted molar refractivity (Wildman–Crippen MR) is 103 cm³/mol. The van der Waals surface area contributed by atoms with Crippen LogP contribution >= 0.6 is 0 Å². The molecular weight excluding hydrogens is 366 g/mol. The molecule has 0 aliphatic rings. The van der Waals surface area contributed by atoms with Crippen LogP contribution in [0.4, 0.5) is 8.78 Å². The van der Waals surface area contributed by atoms with E-state index in [9.17, 15) is 23.8 Å². The zero-order valence-corrected chi connectivity index (χ0v) is 15.3. The first-order valence-corrected chi connectivity index (χ1v) is 8.75. The summed E-state index contributed by atoms with van der Waals surface area (Å²) >= 11 is 0. The first-order chi connectivity index (χ1) is 13.3. The van der Waals surface area contributed by atoms with Crippen molar-refractivity contribution in [3.8, 4) is 0 Å². The first kappa shape index (κ1) is 21.5. The van der Waals surface area contributed by atoms with Crippen molar-refractivity contribution < 1.29 is 28.9 Å². The van der Waals surface area contributed by atoms with Crippen molar-refractivity contribution in [3.05, 3.63) is 89.0 Å². The van der Waals surface area contributed by atoms with Gasteiger partial charge in [0.1, 0.15) is 11.6 Å². The molecule has 0 saturated carbocycles. The van der Waals surface area contributed by atoms with Crippen LogP contribution in [0.5, 0.6) is 0 Å². The highest BCUT2D eigenvalue weighted by Gasteiger charge is 2.14. The van der Waals surface area contributed by atoms with Crippen molar-refractivity contribution in [2.24, 2.45) is 0 Å². The molecule has 3 N–H and O–H groups in total. The lowest BCUT2D eigenvalue weighted by Crippen LogP contribution is -2.19. The first-order valence-electron chi connectivity index (χ1n) is 8.75. The van der Waals surface area contributed by atoms with Gasteiger partial charge in [-0.3, -0.25) is 4.79 Å². The molecule has 0 aromatic heterocycles. The summed E-state index contributed by atoms with van der Waals surface area (Å²) in [6.45, 7) is 1.79. The number of carboxylic acid groups (broad SMARTS) is 1. The van der Waals surface area contributed by atoms with Crippen LogP contribution in [0.15, 0.2) is 66.3 Å². The molecule has 0 unspecified atom stereocenters. The van der Waals surface area contributed by atoms with E-state index in [1.807, 2.05) is 0 Å². The maximum atomic E-state index is 13.3. The Morgan fingerprint density at radius 3 is 1.86 bits per heavy atom. The average molecular weight is 388 g/mol. The molecule has 2 aromatic carbocycles. The number of carboxylic acids is 1. The van der Waals surface area contributed by atoms with E-state index in [-0.39, 0.29) is 18.1 Å². The van der Waals surface area contributed by atoms with Crippen molar-refractivity contribution >= 4 is 11.5 Å². The SMILES string of the molecule is CC(/C=C/[C@@H](O)C[C@@H](O)CC(=O)O)=C(c1ccc(F)cc1)c1ccc(F)cc1. The summed E-state index contributed by atoms with van der Waals surface area (Å²) in [5.74, 6) is -1.90. The van der Waals surface area contributed by atoms with Crippen LogP contribution in [-0.4, -0.2) is 33.5 Å². The van der Waals surface area contributed by atoms with E-state index in [1.165, 1.54) is 30.3 Å². The number of hydrogen-bond acceptors (Lipinski definition) is 3. The van der Waals surface area contributed by atoms with Crippen molar-refractivity contribution in [1.82, 2.24) is 0 Å². The molecule has 148 valence electrons. The zero-order chi connectivity index (χ0) is 20.7. The minimum atomic E-state index is -1.16. The molecule has 2 aromatic rings. The molecule has 2 rings (SSSR count). The third-order valence-electron chi connectivity index (χ3n) is 4.15. The fourth-order valence-electron chi connectivity index (χ4n) is 2.84. The lowest BCUT2D eigenvalue weighted by molar-refractivity contribution is -0.139. The van der Waals surface area contributed by atoms with Crippen LogP contribution in [-0.2, 0) is 4.79 Å². The molecule has 6 heteroatoms. The van der Waals surface area contributed by atoms with E-state index in [1.54, 1.807) is 37.3 Å². The molecule has 0 saturated heterocycles. The molecule has 0 aliphatic carbocycles. The number of rotatable bonds is 8. The maximum absolute atomic E-state index is 13.3. The number of allylic oxidation sites excluding steroid dienone is 2. The van der Waals surface area contributed by atoms with Gasteiger partial charge in [0.25, 0.3) is 0 Å².